The van der Waals surface area contributed by atoms with Crippen molar-refractivity contribution in [3.05, 3.63) is 0 Å². The number of piperidine rings is 1. The van der Waals surface area contributed by atoms with Gasteiger partial charge in [0.05, 0.1) is 0 Å². The molecule has 0 aromatic heterocycles. The van der Waals surface area contributed by atoms with Crippen LogP contribution in [0.5, 0.6) is 0 Å². The molecule has 0 radical (unpaired) electrons. The van der Waals surface area contributed by atoms with Gasteiger partial charge < -0.3 is 15.3 Å². The van der Waals surface area contributed by atoms with E-state index in [1.807, 2.05) is 4.90 Å². The van der Waals surface area contributed by atoms with Crippen LogP contribution in [0.3, 0.4) is 0 Å². The maximum atomic E-state index is 12.3. The Labute approximate surface area is 120 Å². The zero-order valence-electron chi connectivity index (χ0n) is 12.4. The molecular weight excluding hydrogens is 256 g/mol. The van der Waals surface area contributed by atoms with Gasteiger partial charge in [-0.05, 0) is 38.5 Å². The van der Waals surface area contributed by atoms with Gasteiger partial charge in [0.1, 0.15) is 0 Å². The summed E-state index contributed by atoms with van der Waals surface area (Å²) in [5.74, 6) is -0.510. The standard InChI is InChI=1S/C15H26N2O3/c1-15(7-3-2-4-8-15)16-14(20)17-9-5-12(6-10-17)11-13(18)19/h12H,2-11H2,1H3,(H,16,20)(H,18,19). The topological polar surface area (TPSA) is 69.6 Å². The molecule has 0 spiro atoms. The number of urea groups is 1. The largest absolute Gasteiger partial charge is 0.481 e. The van der Waals surface area contributed by atoms with Crippen LogP contribution < -0.4 is 5.32 Å². The van der Waals surface area contributed by atoms with Crippen LogP contribution >= 0.6 is 0 Å². The molecule has 0 unspecified atom stereocenters. The minimum absolute atomic E-state index is 0.0307. The van der Waals surface area contributed by atoms with Gasteiger partial charge in [-0.1, -0.05) is 19.3 Å². The lowest BCUT2D eigenvalue weighted by molar-refractivity contribution is -0.138. The molecule has 2 fully saturated rings. The molecule has 0 aromatic carbocycles. The monoisotopic (exact) mass is 282 g/mol. The van der Waals surface area contributed by atoms with Crippen LogP contribution in [-0.4, -0.2) is 40.6 Å². The van der Waals surface area contributed by atoms with Crippen molar-refractivity contribution in [3.63, 3.8) is 0 Å². The van der Waals surface area contributed by atoms with Gasteiger partial charge in [0.15, 0.2) is 0 Å². The number of carboxylic acids is 1. The molecule has 2 rings (SSSR count). The normalized spacial score (nSPS) is 23.4. The Bertz CT molecular complexity index is 356. The molecule has 5 nitrogen and oxygen atoms in total. The Hall–Kier alpha value is -1.26. The van der Waals surface area contributed by atoms with E-state index in [1.165, 1.54) is 19.3 Å². The third-order valence-corrected chi connectivity index (χ3v) is 4.73. The summed E-state index contributed by atoms with van der Waals surface area (Å²) in [6.07, 6.45) is 7.61. The Kier molecular flexibility index (Phi) is 4.89. The van der Waals surface area contributed by atoms with Crippen LogP contribution in [-0.2, 0) is 4.79 Å². The van der Waals surface area contributed by atoms with Crippen molar-refractivity contribution in [2.45, 2.75) is 63.8 Å². The molecule has 1 heterocycles. The number of amides is 2. The second kappa shape index (κ2) is 6.46. The van der Waals surface area contributed by atoms with E-state index in [9.17, 15) is 9.59 Å². The smallest absolute Gasteiger partial charge is 0.317 e. The van der Waals surface area contributed by atoms with E-state index in [-0.39, 0.29) is 23.9 Å². The van der Waals surface area contributed by atoms with E-state index < -0.39 is 5.97 Å². The van der Waals surface area contributed by atoms with Crippen LogP contribution in [0.25, 0.3) is 0 Å². The van der Waals surface area contributed by atoms with Crippen molar-refractivity contribution in [1.82, 2.24) is 10.2 Å². The number of likely N-dealkylation sites (tertiary alicyclic amines) is 1. The number of carbonyl (C=O) groups is 2. The summed E-state index contributed by atoms with van der Waals surface area (Å²) in [4.78, 5) is 24.8. The number of nitrogens with zero attached hydrogens (tertiary/aromatic N) is 1. The van der Waals surface area contributed by atoms with Crippen LogP contribution in [0.4, 0.5) is 4.79 Å². The quantitative estimate of drug-likeness (QED) is 0.836. The number of carbonyl (C=O) groups excluding carboxylic acids is 1. The van der Waals surface area contributed by atoms with Crippen molar-refractivity contribution in [2.24, 2.45) is 5.92 Å². The zero-order chi connectivity index (χ0) is 14.6. The van der Waals surface area contributed by atoms with Gasteiger partial charge in [-0.25, -0.2) is 4.79 Å². The number of hydrogen-bond acceptors (Lipinski definition) is 2. The lowest BCUT2D eigenvalue weighted by atomic mass is 9.83. The molecule has 0 aromatic rings. The Balaban J connectivity index is 1.78. The molecule has 1 saturated carbocycles. The molecule has 2 amide bonds. The van der Waals surface area contributed by atoms with Crippen molar-refractivity contribution in [1.29, 1.82) is 0 Å². The number of rotatable bonds is 3. The summed E-state index contributed by atoms with van der Waals surface area (Å²) in [6.45, 7) is 3.50. The third-order valence-electron chi connectivity index (χ3n) is 4.73. The highest BCUT2D eigenvalue weighted by Crippen LogP contribution is 2.28. The molecule has 1 aliphatic heterocycles. The summed E-state index contributed by atoms with van der Waals surface area (Å²) < 4.78 is 0. The predicted octanol–water partition coefficient (Wildman–Crippen LogP) is 2.61. The van der Waals surface area contributed by atoms with E-state index in [2.05, 4.69) is 12.2 Å². The highest BCUT2D eigenvalue weighted by Gasteiger charge is 2.31. The molecule has 0 bridgehead atoms. The van der Waals surface area contributed by atoms with Crippen LogP contribution in [0.15, 0.2) is 0 Å². The molecule has 20 heavy (non-hydrogen) atoms. The first-order valence-corrected chi connectivity index (χ1v) is 7.77. The van der Waals surface area contributed by atoms with Gasteiger partial charge in [0, 0.05) is 25.0 Å². The Morgan fingerprint density at radius 1 is 1.20 bits per heavy atom. The number of nitrogens with one attached hydrogen (secondary N) is 1. The molecule has 1 saturated heterocycles. The van der Waals surface area contributed by atoms with Gasteiger partial charge in [-0.3, -0.25) is 4.79 Å². The van der Waals surface area contributed by atoms with Crippen molar-refractivity contribution in [2.75, 3.05) is 13.1 Å². The van der Waals surface area contributed by atoms with Gasteiger partial charge >= 0.3 is 12.0 Å². The second-order valence-electron chi connectivity index (χ2n) is 6.58. The molecule has 2 N–H and O–H groups in total. The van der Waals surface area contributed by atoms with Gasteiger partial charge in [-0.2, -0.15) is 0 Å². The number of aliphatic carboxylic acids is 1. The number of hydrogen-bond donors (Lipinski definition) is 2. The summed E-state index contributed by atoms with van der Waals surface area (Å²) in [6, 6.07) is 0.0307. The van der Waals surface area contributed by atoms with E-state index in [4.69, 9.17) is 5.11 Å². The maximum Gasteiger partial charge on any atom is 0.317 e. The third kappa shape index (κ3) is 4.12. The molecule has 114 valence electrons. The highest BCUT2D eigenvalue weighted by molar-refractivity contribution is 5.75. The average molecular weight is 282 g/mol. The Morgan fingerprint density at radius 2 is 1.80 bits per heavy atom. The highest BCUT2D eigenvalue weighted by atomic mass is 16.4. The van der Waals surface area contributed by atoms with E-state index in [1.54, 1.807) is 0 Å². The molecule has 2 aliphatic rings. The SMILES string of the molecule is CC1(NC(=O)N2CCC(CC(=O)O)CC2)CCCCC1. The fourth-order valence-corrected chi connectivity index (χ4v) is 3.38. The summed E-state index contributed by atoms with van der Waals surface area (Å²) in [7, 11) is 0. The summed E-state index contributed by atoms with van der Waals surface area (Å²) >= 11 is 0. The second-order valence-corrected chi connectivity index (χ2v) is 6.58. The Morgan fingerprint density at radius 3 is 2.35 bits per heavy atom. The zero-order valence-corrected chi connectivity index (χ0v) is 12.4. The average Bonchev–Trinajstić information content (AvgIpc) is 2.39. The number of carboxylic acid groups (broad SMARTS) is 1. The first-order chi connectivity index (χ1) is 9.48. The van der Waals surface area contributed by atoms with Gasteiger partial charge in [0.25, 0.3) is 0 Å². The lowest BCUT2D eigenvalue weighted by Crippen LogP contribution is -2.54. The van der Waals surface area contributed by atoms with Crippen molar-refractivity contribution < 1.29 is 14.7 Å². The van der Waals surface area contributed by atoms with Gasteiger partial charge in [0.2, 0.25) is 0 Å². The summed E-state index contributed by atoms with van der Waals surface area (Å²) in [5.41, 5.74) is -0.0484. The minimum atomic E-state index is -0.734. The van der Waals surface area contributed by atoms with E-state index in [0.29, 0.717) is 13.1 Å². The minimum Gasteiger partial charge on any atom is -0.481 e. The van der Waals surface area contributed by atoms with E-state index >= 15 is 0 Å². The first kappa shape index (κ1) is 15.1. The molecular formula is C15H26N2O3. The lowest BCUT2D eigenvalue weighted by Gasteiger charge is -2.38. The fourth-order valence-electron chi connectivity index (χ4n) is 3.38. The van der Waals surface area contributed by atoms with E-state index in [0.717, 1.165) is 25.7 Å². The van der Waals surface area contributed by atoms with Crippen LogP contribution in [0.2, 0.25) is 0 Å². The van der Waals surface area contributed by atoms with Crippen LogP contribution in [0, 0.1) is 5.92 Å². The summed E-state index contributed by atoms with van der Waals surface area (Å²) in [5, 5.41) is 12.0. The van der Waals surface area contributed by atoms with Crippen molar-refractivity contribution >= 4 is 12.0 Å². The van der Waals surface area contributed by atoms with Crippen LogP contribution in [0.1, 0.15) is 58.3 Å². The van der Waals surface area contributed by atoms with Gasteiger partial charge in [-0.15, -0.1) is 0 Å². The molecule has 5 heteroatoms. The van der Waals surface area contributed by atoms with Crippen molar-refractivity contribution in [3.8, 4) is 0 Å². The molecule has 0 atom stereocenters. The predicted molar refractivity (Wildman–Crippen MR) is 76.6 cm³/mol. The first-order valence-electron chi connectivity index (χ1n) is 7.77. The maximum absolute atomic E-state index is 12.3. The molecule has 1 aliphatic carbocycles. The fraction of sp³-hybridized carbons (Fsp3) is 0.867.